The monoisotopic (exact) mass is 385 g/mol. The minimum absolute atomic E-state index is 0.0508. The minimum Gasteiger partial charge on any atom is -0.207 e. The van der Waals surface area contributed by atoms with E-state index in [4.69, 9.17) is 0 Å². The van der Waals surface area contributed by atoms with Crippen LogP contribution in [0.25, 0.3) is 11.0 Å². The highest BCUT2D eigenvalue weighted by molar-refractivity contribution is 8.00. The quantitative estimate of drug-likeness (QED) is 0.802. The number of sulfonamides is 1. The summed E-state index contributed by atoms with van der Waals surface area (Å²) in [5, 5.41) is 0. The molecule has 2 heterocycles. The van der Waals surface area contributed by atoms with E-state index in [0.29, 0.717) is 22.5 Å². The number of hydrogen-bond donors (Lipinski definition) is 0. The maximum absolute atomic E-state index is 13.3. The molecule has 1 fully saturated rings. The summed E-state index contributed by atoms with van der Waals surface area (Å²) in [5.74, 6) is 0.827. The second kappa shape index (κ2) is 6.90. The predicted molar refractivity (Wildman–Crippen MR) is 101 cm³/mol. The van der Waals surface area contributed by atoms with Gasteiger partial charge in [0.1, 0.15) is 15.9 Å². The van der Waals surface area contributed by atoms with E-state index in [9.17, 15) is 8.42 Å². The van der Waals surface area contributed by atoms with Gasteiger partial charge >= 0.3 is 0 Å². The molecule has 0 spiro atoms. The summed E-state index contributed by atoms with van der Waals surface area (Å²) in [6.07, 6.45) is 2.93. The smallest absolute Gasteiger partial charge is 0.207 e. The fourth-order valence-electron chi connectivity index (χ4n) is 2.92. The molecule has 2 aromatic rings. The molecule has 1 aliphatic heterocycles. The molecule has 132 valence electrons. The molecule has 0 radical (unpaired) electrons. The van der Waals surface area contributed by atoms with Crippen LogP contribution in [0.3, 0.4) is 0 Å². The molecule has 0 aliphatic carbocycles. The van der Waals surface area contributed by atoms with Gasteiger partial charge in [0.2, 0.25) is 10.0 Å². The van der Waals surface area contributed by atoms with Crippen LogP contribution in [0, 0.1) is 0 Å². The number of fused-ring (bicyclic) bond motifs is 1. The topological polar surface area (TPSA) is 63.2 Å². The lowest BCUT2D eigenvalue weighted by Crippen LogP contribution is -2.45. The second-order valence-corrected chi connectivity index (χ2v) is 11.3. The predicted octanol–water partition coefficient (Wildman–Crippen LogP) is 3.77. The SMILES string of the molecule is CC(C)(C)SCC1CCCCN1S(=O)(=O)c1cccc2nsnc12. The van der Waals surface area contributed by atoms with Gasteiger partial charge < -0.3 is 0 Å². The van der Waals surface area contributed by atoms with Gasteiger partial charge in [0.05, 0.1) is 11.7 Å². The van der Waals surface area contributed by atoms with Crippen LogP contribution in [0.2, 0.25) is 0 Å². The Kier molecular flexibility index (Phi) is 5.20. The van der Waals surface area contributed by atoms with Gasteiger partial charge in [-0.05, 0) is 25.0 Å². The Hall–Kier alpha value is -0.700. The Morgan fingerprint density at radius 1 is 1.29 bits per heavy atom. The van der Waals surface area contributed by atoms with E-state index >= 15 is 0 Å². The van der Waals surface area contributed by atoms with Gasteiger partial charge in [-0.15, -0.1) is 0 Å². The fraction of sp³-hybridized carbons (Fsp3) is 0.625. The lowest BCUT2D eigenvalue weighted by Gasteiger charge is -2.35. The Labute approximate surface area is 152 Å². The van der Waals surface area contributed by atoms with Crippen LogP contribution in [-0.2, 0) is 10.0 Å². The summed E-state index contributed by atoms with van der Waals surface area (Å²) in [5.41, 5.74) is 1.15. The van der Waals surface area contributed by atoms with E-state index in [1.165, 1.54) is 0 Å². The van der Waals surface area contributed by atoms with E-state index in [1.807, 2.05) is 11.8 Å². The Bertz CT molecular complexity index is 811. The molecule has 3 rings (SSSR count). The Morgan fingerprint density at radius 2 is 2.08 bits per heavy atom. The first-order valence-electron chi connectivity index (χ1n) is 8.16. The van der Waals surface area contributed by atoms with E-state index in [-0.39, 0.29) is 10.8 Å². The zero-order chi connectivity index (χ0) is 17.4. The second-order valence-electron chi connectivity index (χ2n) is 7.08. The first-order valence-corrected chi connectivity index (χ1v) is 11.3. The van der Waals surface area contributed by atoms with Crippen molar-refractivity contribution in [3.8, 4) is 0 Å². The number of thioether (sulfide) groups is 1. The fourth-order valence-corrected chi connectivity index (χ4v) is 6.50. The summed E-state index contributed by atoms with van der Waals surface area (Å²) in [7, 11) is -3.55. The van der Waals surface area contributed by atoms with E-state index in [2.05, 4.69) is 29.5 Å². The van der Waals surface area contributed by atoms with Crippen LogP contribution in [0.15, 0.2) is 23.1 Å². The molecule has 1 aliphatic rings. The lowest BCUT2D eigenvalue weighted by atomic mass is 10.1. The van der Waals surface area contributed by atoms with Crippen LogP contribution in [-0.4, -0.2) is 44.6 Å². The maximum atomic E-state index is 13.3. The third-order valence-corrected chi connectivity index (χ3v) is 8.06. The molecule has 0 N–H and O–H groups in total. The van der Waals surface area contributed by atoms with Gasteiger partial charge in [-0.1, -0.05) is 33.3 Å². The minimum atomic E-state index is -3.55. The van der Waals surface area contributed by atoms with Crippen LogP contribution in [0.4, 0.5) is 0 Å². The number of benzene rings is 1. The van der Waals surface area contributed by atoms with Crippen molar-refractivity contribution in [3.63, 3.8) is 0 Å². The third kappa shape index (κ3) is 3.76. The molecule has 0 bridgehead atoms. The Balaban J connectivity index is 1.93. The zero-order valence-corrected chi connectivity index (χ0v) is 16.7. The average molecular weight is 386 g/mol. The number of piperidine rings is 1. The summed E-state index contributed by atoms with van der Waals surface area (Å²) in [6, 6.07) is 5.26. The zero-order valence-electron chi connectivity index (χ0n) is 14.2. The van der Waals surface area contributed by atoms with E-state index in [1.54, 1.807) is 22.5 Å². The van der Waals surface area contributed by atoms with Crippen molar-refractivity contribution < 1.29 is 8.42 Å². The van der Waals surface area contributed by atoms with Gasteiger partial charge in [-0.2, -0.15) is 24.8 Å². The van der Waals surface area contributed by atoms with E-state index < -0.39 is 10.0 Å². The number of nitrogens with zero attached hydrogens (tertiary/aromatic N) is 3. The Morgan fingerprint density at radius 3 is 2.83 bits per heavy atom. The standard InChI is InChI=1S/C16H23N3O2S3/c1-16(2,3)22-11-12-7-4-5-10-19(12)24(20,21)14-9-6-8-13-15(14)18-23-17-13/h6,8-9,12H,4-5,7,10-11H2,1-3H3. The van der Waals surface area contributed by atoms with Crippen molar-refractivity contribution in [2.75, 3.05) is 12.3 Å². The van der Waals surface area contributed by atoms with Crippen molar-refractivity contribution >= 4 is 44.5 Å². The molecule has 1 aromatic heterocycles. The molecule has 24 heavy (non-hydrogen) atoms. The van der Waals surface area contributed by atoms with Crippen molar-refractivity contribution in [3.05, 3.63) is 18.2 Å². The molecule has 1 atom stereocenters. The maximum Gasteiger partial charge on any atom is 0.245 e. The first-order chi connectivity index (χ1) is 11.3. The van der Waals surface area contributed by atoms with Gasteiger partial charge in [0.15, 0.2) is 0 Å². The highest BCUT2D eigenvalue weighted by Gasteiger charge is 2.35. The summed E-state index contributed by atoms with van der Waals surface area (Å²) in [4.78, 5) is 0.293. The van der Waals surface area contributed by atoms with Crippen molar-refractivity contribution in [1.82, 2.24) is 13.1 Å². The highest BCUT2D eigenvalue weighted by atomic mass is 32.2. The number of hydrogen-bond acceptors (Lipinski definition) is 6. The first kappa shape index (κ1) is 18.1. The van der Waals surface area contributed by atoms with Crippen molar-refractivity contribution in [2.24, 2.45) is 0 Å². The van der Waals surface area contributed by atoms with Crippen LogP contribution < -0.4 is 0 Å². The molecule has 8 heteroatoms. The summed E-state index contributed by atoms with van der Waals surface area (Å²) < 4.78 is 36.8. The summed E-state index contributed by atoms with van der Waals surface area (Å²) in [6.45, 7) is 7.09. The number of aromatic nitrogens is 2. The van der Waals surface area contributed by atoms with Crippen LogP contribution >= 0.6 is 23.5 Å². The van der Waals surface area contributed by atoms with Gasteiger partial charge in [-0.25, -0.2) is 8.42 Å². The largest absolute Gasteiger partial charge is 0.245 e. The van der Waals surface area contributed by atoms with E-state index in [0.717, 1.165) is 36.7 Å². The molecule has 5 nitrogen and oxygen atoms in total. The van der Waals surface area contributed by atoms with Gasteiger partial charge in [0, 0.05) is 23.1 Å². The van der Waals surface area contributed by atoms with Gasteiger partial charge in [0.25, 0.3) is 0 Å². The molecular formula is C16H23N3O2S3. The number of rotatable bonds is 4. The normalized spacial score (nSPS) is 20.5. The van der Waals surface area contributed by atoms with Gasteiger partial charge in [-0.3, -0.25) is 0 Å². The molecular weight excluding hydrogens is 362 g/mol. The van der Waals surface area contributed by atoms with Crippen LogP contribution in [0.5, 0.6) is 0 Å². The van der Waals surface area contributed by atoms with Crippen LogP contribution in [0.1, 0.15) is 40.0 Å². The molecule has 1 aromatic carbocycles. The van der Waals surface area contributed by atoms with Crippen molar-refractivity contribution in [2.45, 2.75) is 55.7 Å². The third-order valence-electron chi connectivity index (χ3n) is 4.12. The van der Waals surface area contributed by atoms with Crippen molar-refractivity contribution in [1.29, 1.82) is 0 Å². The lowest BCUT2D eigenvalue weighted by molar-refractivity contribution is 0.272. The molecule has 1 saturated heterocycles. The molecule has 0 amide bonds. The molecule has 0 saturated carbocycles. The highest BCUT2D eigenvalue weighted by Crippen LogP contribution is 2.33. The summed E-state index contributed by atoms with van der Waals surface area (Å²) >= 11 is 2.89. The molecule has 1 unspecified atom stereocenters. The average Bonchev–Trinajstić information content (AvgIpc) is 3.00.